The van der Waals surface area contributed by atoms with Crippen molar-refractivity contribution in [2.75, 3.05) is 10.6 Å². The molecule has 1 aliphatic heterocycles. The Bertz CT molecular complexity index is 840. The highest BCUT2D eigenvalue weighted by atomic mass is 16.2. The lowest BCUT2D eigenvalue weighted by atomic mass is 9.92. The van der Waals surface area contributed by atoms with E-state index in [-0.39, 0.29) is 23.4 Å². The number of amides is 3. The molecule has 3 amide bonds. The first-order valence-corrected chi connectivity index (χ1v) is 9.54. The Kier molecular flexibility index (Phi) is 5.69. The number of aromatic nitrogens is 2. The fourth-order valence-electron chi connectivity index (χ4n) is 3.00. The zero-order valence-corrected chi connectivity index (χ0v) is 16.7. The van der Waals surface area contributed by atoms with Crippen molar-refractivity contribution < 1.29 is 9.59 Å². The number of nitrogens with one attached hydrogen (secondary N) is 4. The van der Waals surface area contributed by atoms with Crippen LogP contribution in [0.1, 0.15) is 52.5 Å². The molecule has 2 unspecified atom stereocenters. The Labute approximate surface area is 165 Å². The molecule has 1 fully saturated rings. The topological polar surface area (TPSA) is 100 Å². The van der Waals surface area contributed by atoms with Gasteiger partial charge >= 0.3 is 6.03 Å². The Hall–Kier alpha value is -2.87. The summed E-state index contributed by atoms with van der Waals surface area (Å²) in [5.74, 6) is 0.469. The van der Waals surface area contributed by atoms with Gasteiger partial charge in [-0.2, -0.15) is 5.10 Å². The van der Waals surface area contributed by atoms with Gasteiger partial charge < -0.3 is 10.6 Å². The second-order valence-corrected chi connectivity index (χ2v) is 8.00. The normalized spacial score (nSPS) is 19.8. The highest BCUT2D eigenvalue weighted by molar-refractivity contribution is 5.99. The number of hydrogen-bond acceptors (Lipinski definition) is 4. The van der Waals surface area contributed by atoms with Crippen LogP contribution >= 0.6 is 0 Å². The van der Waals surface area contributed by atoms with Crippen molar-refractivity contribution in [3.8, 4) is 0 Å². The third kappa shape index (κ3) is 4.69. The van der Waals surface area contributed by atoms with Gasteiger partial charge in [-0.15, -0.1) is 0 Å². The van der Waals surface area contributed by atoms with Gasteiger partial charge in [-0.05, 0) is 18.6 Å². The number of nitrogens with zero attached hydrogens (tertiary/aromatic N) is 2. The third-order valence-electron chi connectivity index (χ3n) is 4.64. The minimum Gasteiger partial charge on any atom is -0.322 e. The molecule has 0 spiro atoms. The molecule has 1 aromatic carbocycles. The van der Waals surface area contributed by atoms with Crippen LogP contribution in [0.4, 0.5) is 16.3 Å². The van der Waals surface area contributed by atoms with Crippen molar-refractivity contribution in [2.45, 2.75) is 58.3 Å². The zero-order valence-electron chi connectivity index (χ0n) is 16.7. The minimum absolute atomic E-state index is 0.0388. The van der Waals surface area contributed by atoms with E-state index in [4.69, 9.17) is 0 Å². The van der Waals surface area contributed by atoms with Crippen molar-refractivity contribution in [3.05, 3.63) is 42.1 Å². The molecule has 8 nitrogen and oxygen atoms in total. The largest absolute Gasteiger partial charge is 0.324 e. The van der Waals surface area contributed by atoms with Gasteiger partial charge in [-0.3, -0.25) is 15.4 Å². The van der Waals surface area contributed by atoms with Gasteiger partial charge in [0.05, 0.1) is 5.69 Å². The van der Waals surface area contributed by atoms with E-state index >= 15 is 0 Å². The smallest absolute Gasteiger partial charge is 0.322 e. The predicted octanol–water partition coefficient (Wildman–Crippen LogP) is 3.17. The molecule has 0 radical (unpaired) electrons. The number of hydrogen-bond donors (Lipinski definition) is 4. The maximum Gasteiger partial charge on any atom is 0.324 e. The van der Waals surface area contributed by atoms with E-state index in [0.717, 1.165) is 12.1 Å². The van der Waals surface area contributed by atoms with Crippen LogP contribution in [0.3, 0.4) is 0 Å². The van der Waals surface area contributed by atoms with Gasteiger partial charge in [0.25, 0.3) is 0 Å². The summed E-state index contributed by atoms with van der Waals surface area (Å²) in [6, 6.07) is 10.7. The molecule has 0 bridgehead atoms. The van der Waals surface area contributed by atoms with Crippen LogP contribution in [-0.4, -0.2) is 27.8 Å². The van der Waals surface area contributed by atoms with Crippen LogP contribution in [-0.2, 0) is 10.2 Å². The first-order valence-electron chi connectivity index (χ1n) is 9.54. The van der Waals surface area contributed by atoms with Crippen molar-refractivity contribution >= 4 is 23.4 Å². The lowest BCUT2D eigenvalue weighted by Gasteiger charge is -2.32. The summed E-state index contributed by atoms with van der Waals surface area (Å²) in [7, 11) is 0. The Morgan fingerprint density at radius 2 is 1.96 bits per heavy atom. The van der Waals surface area contributed by atoms with Crippen molar-refractivity contribution in [2.24, 2.45) is 0 Å². The summed E-state index contributed by atoms with van der Waals surface area (Å²) < 4.78 is 1.63. The monoisotopic (exact) mass is 384 g/mol. The Balaban J connectivity index is 1.85. The molecule has 28 heavy (non-hydrogen) atoms. The van der Waals surface area contributed by atoms with Crippen molar-refractivity contribution in [3.63, 3.8) is 0 Å². The van der Waals surface area contributed by atoms with Crippen LogP contribution in [0.5, 0.6) is 0 Å². The minimum atomic E-state index is -0.519. The molecule has 2 heterocycles. The quantitative estimate of drug-likeness (QED) is 0.650. The van der Waals surface area contributed by atoms with Crippen LogP contribution < -0.4 is 21.3 Å². The molecule has 1 saturated heterocycles. The highest BCUT2D eigenvalue weighted by Gasteiger charge is 2.30. The summed E-state index contributed by atoms with van der Waals surface area (Å²) in [5.41, 5.74) is 1.30. The van der Waals surface area contributed by atoms with Crippen LogP contribution in [0.2, 0.25) is 0 Å². The molecule has 2 aromatic rings. The van der Waals surface area contributed by atoms with Crippen LogP contribution in [0.25, 0.3) is 0 Å². The van der Waals surface area contributed by atoms with E-state index in [1.807, 2.05) is 43.3 Å². The fraction of sp³-hybridized carbons (Fsp3) is 0.450. The SMILES string of the molecule is CCC1CC(=O)NC(n2nc(C(C)(C)C)cc2NC(=O)Nc2ccccc2)N1. The number of para-hydroxylation sites is 1. The molecule has 2 atom stereocenters. The molecule has 1 aliphatic rings. The number of benzene rings is 1. The molecule has 3 rings (SSSR count). The van der Waals surface area contributed by atoms with Gasteiger partial charge in [0.1, 0.15) is 5.82 Å². The van der Waals surface area contributed by atoms with Crippen molar-refractivity contribution in [1.82, 2.24) is 20.4 Å². The summed E-state index contributed by atoms with van der Waals surface area (Å²) in [6.07, 6.45) is 0.737. The van der Waals surface area contributed by atoms with Crippen LogP contribution in [0, 0.1) is 0 Å². The van der Waals surface area contributed by atoms with Gasteiger partial charge in [0.15, 0.2) is 6.29 Å². The summed E-state index contributed by atoms with van der Waals surface area (Å²) in [6.45, 7) is 8.18. The Morgan fingerprint density at radius 3 is 2.61 bits per heavy atom. The highest BCUT2D eigenvalue weighted by Crippen LogP contribution is 2.26. The molecule has 150 valence electrons. The number of carbonyl (C=O) groups is 2. The molecule has 0 saturated carbocycles. The molecular weight excluding hydrogens is 356 g/mol. The average Bonchev–Trinajstić information content (AvgIpc) is 3.06. The number of urea groups is 1. The molecule has 1 aromatic heterocycles. The summed E-state index contributed by atoms with van der Waals surface area (Å²) >= 11 is 0. The van der Waals surface area contributed by atoms with E-state index in [1.54, 1.807) is 4.68 Å². The van der Waals surface area contributed by atoms with E-state index < -0.39 is 6.29 Å². The molecule has 0 aliphatic carbocycles. The van der Waals surface area contributed by atoms with Gasteiger partial charge in [-0.1, -0.05) is 45.9 Å². The number of anilines is 2. The van der Waals surface area contributed by atoms with Gasteiger partial charge in [0.2, 0.25) is 5.91 Å². The van der Waals surface area contributed by atoms with E-state index in [1.165, 1.54) is 0 Å². The van der Waals surface area contributed by atoms with Gasteiger partial charge in [0, 0.05) is 29.6 Å². The van der Waals surface area contributed by atoms with E-state index in [2.05, 4.69) is 47.1 Å². The molecular formula is C20H28N6O2. The summed E-state index contributed by atoms with van der Waals surface area (Å²) in [4.78, 5) is 24.6. The van der Waals surface area contributed by atoms with Crippen LogP contribution in [0.15, 0.2) is 36.4 Å². The maximum atomic E-state index is 12.5. The van der Waals surface area contributed by atoms with Crippen molar-refractivity contribution in [1.29, 1.82) is 0 Å². The lowest BCUT2D eigenvalue weighted by Crippen LogP contribution is -2.53. The molecule has 4 N–H and O–H groups in total. The van der Waals surface area contributed by atoms with E-state index in [0.29, 0.717) is 17.9 Å². The first kappa shape index (κ1) is 19.9. The van der Waals surface area contributed by atoms with Gasteiger partial charge in [-0.25, -0.2) is 9.48 Å². The van der Waals surface area contributed by atoms with E-state index in [9.17, 15) is 9.59 Å². The zero-order chi connectivity index (χ0) is 20.3. The third-order valence-corrected chi connectivity index (χ3v) is 4.64. The second kappa shape index (κ2) is 8.02. The average molecular weight is 384 g/mol. The lowest BCUT2D eigenvalue weighted by molar-refractivity contribution is -0.125. The maximum absolute atomic E-state index is 12.5. The standard InChI is InChI=1S/C20H28N6O2/c1-5-13-11-17(27)24-18(21-13)26-16(12-15(25-26)20(2,3)4)23-19(28)22-14-9-7-6-8-10-14/h6-10,12-13,18,21H,5,11H2,1-4H3,(H,24,27)(H2,22,23,28). The predicted molar refractivity (Wildman–Crippen MR) is 109 cm³/mol. The second-order valence-electron chi connectivity index (χ2n) is 8.00. The summed E-state index contributed by atoms with van der Waals surface area (Å²) in [5, 5.41) is 16.6. The first-order chi connectivity index (χ1) is 13.3. The number of carbonyl (C=O) groups excluding carboxylic acids is 2. The Morgan fingerprint density at radius 1 is 1.25 bits per heavy atom. The fourth-order valence-corrected chi connectivity index (χ4v) is 3.00. The molecule has 8 heteroatoms. The number of rotatable bonds is 4.